The molecule has 17 heavy (non-hydrogen) atoms. The van der Waals surface area contributed by atoms with Crippen LogP contribution in [0.15, 0.2) is 6.20 Å². The third-order valence-corrected chi connectivity index (χ3v) is 3.34. The van der Waals surface area contributed by atoms with Gasteiger partial charge in [0, 0.05) is 6.92 Å². The first-order chi connectivity index (χ1) is 8.06. The summed E-state index contributed by atoms with van der Waals surface area (Å²) in [6.45, 7) is 3.60. The summed E-state index contributed by atoms with van der Waals surface area (Å²) in [5, 5.41) is 7.30. The number of hydrogen-bond donors (Lipinski definition) is 1. The van der Waals surface area contributed by atoms with Gasteiger partial charge in [-0.2, -0.15) is 5.10 Å². The average molecular weight is 257 g/mol. The maximum Gasteiger partial charge on any atom is 0.221 e. The summed E-state index contributed by atoms with van der Waals surface area (Å²) < 4.78 is 1.88. The Morgan fingerprint density at radius 1 is 1.53 bits per heavy atom. The highest BCUT2D eigenvalue weighted by molar-refractivity contribution is 6.32. The Morgan fingerprint density at radius 3 is 2.76 bits per heavy atom. The zero-order valence-electron chi connectivity index (χ0n) is 10.1. The van der Waals surface area contributed by atoms with Crippen molar-refractivity contribution in [2.75, 3.05) is 25.5 Å². The minimum atomic E-state index is -0.130. The van der Waals surface area contributed by atoms with E-state index in [9.17, 15) is 4.79 Å². The fourth-order valence-electron chi connectivity index (χ4n) is 2.09. The first-order valence-corrected chi connectivity index (χ1v) is 6.15. The van der Waals surface area contributed by atoms with Crippen LogP contribution in [0.25, 0.3) is 0 Å². The number of amides is 1. The minimum absolute atomic E-state index is 0.130. The highest BCUT2D eigenvalue weighted by Gasteiger charge is 2.20. The van der Waals surface area contributed by atoms with Crippen LogP contribution in [-0.4, -0.2) is 40.7 Å². The molecule has 1 fully saturated rings. The molecule has 1 amide bonds. The van der Waals surface area contributed by atoms with Crippen LogP contribution in [0.4, 0.5) is 5.69 Å². The molecule has 1 aliphatic heterocycles. The number of nitrogens with one attached hydrogen (secondary N) is 1. The summed E-state index contributed by atoms with van der Waals surface area (Å²) in [5.74, 6) is -0.130. The molecule has 0 saturated carbocycles. The maximum absolute atomic E-state index is 11.0. The van der Waals surface area contributed by atoms with Crippen molar-refractivity contribution in [1.29, 1.82) is 0 Å². The lowest BCUT2D eigenvalue weighted by Gasteiger charge is -2.28. The molecule has 0 aromatic carbocycles. The van der Waals surface area contributed by atoms with E-state index in [4.69, 9.17) is 11.6 Å². The summed E-state index contributed by atoms with van der Waals surface area (Å²) in [6.07, 6.45) is 3.95. The second-order valence-corrected chi connectivity index (χ2v) is 4.89. The van der Waals surface area contributed by atoms with Crippen molar-refractivity contribution in [3.63, 3.8) is 0 Å². The highest BCUT2D eigenvalue weighted by atomic mass is 35.5. The SMILES string of the molecule is CC(=O)Nc1cn(C2CCN(C)CC2)nc1Cl. The fourth-order valence-corrected chi connectivity index (χ4v) is 2.27. The number of rotatable bonds is 2. The molecule has 0 unspecified atom stereocenters. The largest absolute Gasteiger partial charge is 0.322 e. The first-order valence-electron chi connectivity index (χ1n) is 5.77. The van der Waals surface area contributed by atoms with Gasteiger partial charge < -0.3 is 10.2 Å². The third-order valence-electron chi connectivity index (χ3n) is 3.06. The lowest BCUT2D eigenvalue weighted by atomic mass is 10.1. The number of piperidine rings is 1. The number of anilines is 1. The standard InChI is InChI=1S/C11H17ClN4O/c1-8(17)13-10-7-16(14-11(10)12)9-3-5-15(2)6-4-9/h7,9H,3-6H2,1-2H3,(H,13,17). The number of nitrogens with zero attached hydrogens (tertiary/aromatic N) is 3. The molecule has 94 valence electrons. The van der Waals surface area contributed by atoms with Crippen molar-refractivity contribution in [3.8, 4) is 0 Å². The predicted octanol–water partition coefficient (Wildman–Crippen LogP) is 1.76. The average Bonchev–Trinajstić information content (AvgIpc) is 2.60. The van der Waals surface area contributed by atoms with Crippen molar-refractivity contribution in [1.82, 2.24) is 14.7 Å². The smallest absolute Gasteiger partial charge is 0.221 e. The van der Waals surface area contributed by atoms with Gasteiger partial charge in [-0.1, -0.05) is 11.6 Å². The molecule has 2 rings (SSSR count). The van der Waals surface area contributed by atoms with Gasteiger partial charge in [-0.15, -0.1) is 0 Å². The van der Waals surface area contributed by atoms with Gasteiger partial charge in [0.15, 0.2) is 5.15 Å². The monoisotopic (exact) mass is 256 g/mol. The lowest BCUT2D eigenvalue weighted by molar-refractivity contribution is -0.114. The van der Waals surface area contributed by atoms with Crippen molar-refractivity contribution < 1.29 is 4.79 Å². The predicted molar refractivity (Wildman–Crippen MR) is 67.3 cm³/mol. The maximum atomic E-state index is 11.0. The zero-order chi connectivity index (χ0) is 12.4. The van der Waals surface area contributed by atoms with Crippen LogP contribution in [-0.2, 0) is 4.79 Å². The molecule has 0 bridgehead atoms. The van der Waals surface area contributed by atoms with E-state index in [-0.39, 0.29) is 5.91 Å². The Bertz CT molecular complexity index is 410. The molecule has 0 aliphatic carbocycles. The van der Waals surface area contributed by atoms with E-state index in [1.807, 2.05) is 10.9 Å². The molecular formula is C11H17ClN4O. The van der Waals surface area contributed by atoms with Gasteiger partial charge in [-0.3, -0.25) is 9.48 Å². The molecule has 1 aromatic rings. The van der Waals surface area contributed by atoms with Gasteiger partial charge in [0.25, 0.3) is 0 Å². The molecule has 0 atom stereocenters. The summed E-state index contributed by atoms with van der Waals surface area (Å²) in [7, 11) is 2.12. The quantitative estimate of drug-likeness (QED) is 0.877. The van der Waals surface area contributed by atoms with Crippen LogP contribution < -0.4 is 5.32 Å². The molecule has 0 radical (unpaired) electrons. The van der Waals surface area contributed by atoms with Crippen molar-refractivity contribution in [3.05, 3.63) is 11.3 Å². The topological polar surface area (TPSA) is 50.2 Å². The Hall–Kier alpha value is -1.07. The summed E-state index contributed by atoms with van der Waals surface area (Å²) in [6, 6.07) is 0.381. The number of carbonyl (C=O) groups excluding carboxylic acids is 1. The van der Waals surface area contributed by atoms with E-state index >= 15 is 0 Å². The van der Waals surface area contributed by atoms with Gasteiger partial charge in [-0.05, 0) is 33.0 Å². The van der Waals surface area contributed by atoms with Crippen LogP contribution in [0, 0.1) is 0 Å². The molecule has 1 saturated heterocycles. The molecule has 1 aromatic heterocycles. The van der Waals surface area contributed by atoms with Gasteiger partial charge in [0.1, 0.15) is 0 Å². The van der Waals surface area contributed by atoms with E-state index in [1.165, 1.54) is 6.92 Å². The van der Waals surface area contributed by atoms with Gasteiger partial charge in [-0.25, -0.2) is 0 Å². The Labute approximate surface area is 106 Å². The van der Waals surface area contributed by atoms with E-state index < -0.39 is 0 Å². The molecule has 0 spiro atoms. The Morgan fingerprint density at radius 2 is 2.18 bits per heavy atom. The van der Waals surface area contributed by atoms with Crippen LogP contribution in [0.1, 0.15) is 25.8 Å². The van der Waals surface area contributed by atoms with E-state index in [0.717, 1.165) is 25.9 Å². The Balaban J connectivity index is 2.09. The van der Waals surface area contributed by atoms with Gasteiger partial charge in [0.2, 0.25) is 5.91 Å². The van der Waals surface area contributed by atoms with Crippen molar-refractivity contribution in [2.24, 2.45) is 0 Å². The molecule has 6 heteroatoms. The number of likely N-dealkylation sites (tertiary alicyclic amines) is 1. The van der Waals surface area contributed by atoms with Gasteiger partial charge >= 0.3 is 0 Å². The van der Waals surface area contributed by atoms with Crippen LogP contribution >= 0.6 is 11.6 Å². The summed E-state index contributed by atoms with van der Waals surface area (Å²) in [5.41, 5.74) is 0.595. The Kier molecular flexibility index (Phi) is 3.69. The molecule has 5 nitrogen and oxygen atoms in total. The van der Waals surface area contributed by atoms with Crippen LogP contribution in [0.2, 0.25) is 5.15 Å². The lowest BCUT2D eigenvalue weighted by Crippen LogP contribution is -2.31. The molecule has 1 aliphatic rings. The number of hydrogen-bond acceptors (Lipinski definition) is 3. The highest BCUT2D eigenvalue weighted by Crippen LogP contribution is 2.26. The normalized spacial score (nSPS) is 18.3. The third kappa shape index (κ3) is 2.98. The number of aromatic nitrogens is 2. The number of halogens is 1. The van der Waals surface area contributed by atoms with E-state index in [1.54, 1.807) is 0 Å². The first kappa shape index (κ1) is 12.4. The minimum Gasteiger partial charge on any atom is -0.322 e. The van der Waals surface area contributed by atoms with Crippen LogP contribution in [0.5, 0.6) is 0 Å². The van der Waals surface area contributed by atoms with Crippen molar-refractivity contribution >= 4 is 23.2 Å². The second-order valence-electron chi connectivity index (χ2n) is 4.53. The zero-order valence-corrected chi connectivity index (χ0v) is 10.9. The molecule has 2 heterocycles. The summed E-state index contributed by atoms with van der Waals surface area (Å²) in [4.78, 5) is 13.3. The van der Waals surface area contributed by atoms with Crippen LogP contribution in [0.3, 0.4) is 0 Å². The van der Waals surface area contributed by atoms with E-state index in [2.05, 4.69) is 22.4 Å². The molecule has 1 N–H and O–H groups in total. The molecular weight excluding hydrogens is 240 g/mol. The van der Waals surface area contributed by atoms with E-state index in [0.29, 0.717) is 16.9 Å². The number of carbonyl (C=O) groups is 1. The van der Waals surface area contributed by atoms with Crippen molar-refractivity contribution in [2.45, 2.75) is 25.8 Å². The summed E-state index contributed by atoms with van der Waals surface area (Å²) >= 11 is 5.98. The fraction of sp³-hybridized carbons (Fsp3) is 0.636. The second kappa shape index (κ2) is 5.06. The van der Waals surface area contributed by atoms with Gasteiger partial charge in [0.05, 0.1) is 17.9 Å².